The summed E-state index contributed by atoms with van der Waals surface area (Å²) in [6.07, 6.45) is 1.05. The lowest BCUT2D eigenvalue weighted by atomic mass is 10.0. The average Bonchev–Trinajstić information content (AvgIpc) is 2.43. The molecule has 0 aliphatic rings. The second kappa shape index (κ2) is 5.79. The number of aryl methyl sites for hydroxylation is 3. The van der Waals surface area contributed by atoms with Crippen molar-refractivity contribution in [1.29, 1.82) is 0 Å². The molecule has 0 bridgehead atoms. The van der Waals surface area contributed by atoms with Crippen molar-refractivity contribution in [1.82, 2.24) is 0 Å². The third-order valence-electron chi connectivity index (χ3n) is 3.21. The Labute approximate surface area is 115 Å². The minimum atomic E-state index is 0.830. The van der Waals surface area contributed by atoms with Gasteiger partial charge in [-0.2, -0.15) is 0 Å². The third kappa shape index (κ3) is 3.08. The molecule has 2 nitrogen and oxygen atoms in total. The van der Waals surface area contributed by atoms with Gasteiger partial charge < -0.3 is 9.47 Å². The van der Waals surface area contributed by atoms with E-state index < -0.39 is 0 Å². The fourth-order valence-corrected chi connectivity index (χ4v) is 2.17. The molecule has 0 saturated heterocycles. The number of methoxy groups -OCH3 is 1. The molecule has 0 atom stereocenters. The Morgan fingerprint density at radius 1 is 0.895 bits per heavy atom. The van der Waals surface area contributed by atoms with Crippen molar-refractivity contribution in [3.63, 3.8) is 0 Å². The zero-order valence-electron chi connectivity index (χ0n) is 12.0. The molecule has 0 aliphatic carbocycles. The Hall–Kier alpha value is -1.96. The van der Waals surface area contributed by atoms with Gasteiger partial charge in [-0.3, -0.25) is 0 Å². The molecule has 0 heterocycles. The second-order valence-corrected chi connectivity index (χ2v) is 4.69. The van der Waals surface area contributed by atoms with Crippen molar-refractivity contribution in [2.75, 3.05) is 7.11 Å². The fraction of sp³-hybridized carbons (Fsp3) is 0.294. The van der Waals surface area contributed by atoms with Gasteiger partial charge in [0.1, 0.15) is 17.2 Å². The Kier molecular flexibility index (Phi) is 4.10. The van der Waals surface area contributed by atoms with Crippen LogP contribution in [0.5, 0.6) is 17.2 Å². The lowest BCUT2D eigenvalue weighted by Gasteiger charge is -2.13. The molecule has 0 unspecified atom stereocenters. The summed E-state index contributed by atoms with van der Waals surface area (Å²) >= 11 is 0. The molecule has 0 aliphatic heterocycles. The van der Waals surface area contributed by atoms with Crippen LogP contribution in [0, 0.1) is 13.8 Å². The smallest absolute Gasteiger partial charge is 0.133 e. The Morgan fingerprint density at radius 3 is 1.89 bits per heavy atom. The van der Waals surface area contributed by atoms with E-state index in [1.165, 1.54) is 16.7 Å². The van der Waals surface area contributed by atoms with Gasteiger partial charge in [0.25, 0.3) is 0 Å². The zero-order valence-corrected chi connectivity index (χ0v) is 12.0. The van der Waals surface area contributed by atoms with Crippen molar-refractivity contribution >= 4 is 0 Å². The molecular weight excluding hydrogens is 236 g/mol. The first kappa shape index (κ1) is 13.5. The molecule has 0 amide bonds. The van der Waals surface area contributed by atoms with E-state index >= 15 is 0 Å². The van der Waals surface area contributed by atoms with Gasteiger partial charge in [0.05, 0.1) is 7.11 Å². The molecule has 0 aromatic heterocycles. The summed E-state index contributed by atoms with van der Waals surface area (Å²) in [6.45, 7) is 6.34. The summed E-state index contributed by atoms with van der Waals surface area (Å²) in [5.74, 6) is 2.61. The number of rotatable bonds is 4. The second-order valence-electron chi connectivity index (χ2n) is 4.69. The van der Waals surface area contributed by atoms with E-state index in [1.807, 2.05) is 24.3 Å². The number of hydrogen-bond donors (Lipinski definition) is 0. The fourth-order valence-electron chi connectivity index (χ4n) is 2.17. The van der Waals surface area contributed by atoms with Crippen LogP contribution in [0.3, 0.4) is 0 Å². The van der Waals surface area contributed by atoms with E-state index in [-0.39, 0.29) is 0 Å². The van der Waals surface area contributed by atoms with E-state index in [2.05, 4.69) is 32.9 Å². The lowest BCUT2D eigenvalue weighted by Crippen LogP contribution is -1.94. The van der Waals surface area contributed by atoms with Gasteiger partial charge in [0, 0.05) is 0 Å². The molecule has 19 heavy (non-hydrogen) atoms. The van der Waals surface area contributed by atoms with Crippen molar-refractivity contribution in [3.8, 4) is 17.2 Å². The molecule has 100 valence electrons. The third-order valence-corrected chi connectivity index (χ3v) is 3.21. The summed E-state index contributed by atoms with van der Waals surface area (Å²) in [7, 11) is 1.66. The van der Waals surface area contributed by atoms with Gasteiger partial charge in [-0.1, -0.05) is 19.1 Å². The predicted octanol–water partition coefficient (Wildman–Crippen LogP) is 4.67. The molecule has 0 N–H and O–H groups in total. The SMILES string of the molecule is CCc1cc(C)c(Oc2ccc(OC)cc2)c(C)c1. The summed E-state index contributed by atoms with van der Waals surface area (Å²) in [5.41, 5.74) is 3.69. The molecule has 2 aromatic carbocycles. The monoisotopic (exact) mass is 256 g/mol. The minimum Gasteiger partial charge on any atom is -0.497 e. The van der Waals surface area contributed by atoms with E-state index in [1.54, 1.807) is 7.11 Å². The predicted molar refractivity (Wildman–Crippen MR) is 78.4 cm³/mol. The van der Waals surface area contributed by atoms with E-state index in [4.69, 9.17) is 9.47 Å². The van der Waals surface area contributed by atoms with Crippen LogP contribution in [0.15, 0.2) is 36.4 Å². The standard InChI is InChI=1S/C17H20O2/c1-5-14-10-12(2)17(13(3)11-14)19-16-8-6-15(18-4)7-9-16/h6-11H,5H2,1-4H3. The van der Waals surface area contributed by atoms with Gasteiger partial charge >= 0.3 is 0 Å². The van der Waals surface area contributed by atoms with Crippen LogP contribution in [0.25, 0.3) is 0 Å². The highest BCUT2D eigenvalue weighted by molar-refractivity contribution is 5.46. The topological polar surface area (TPSA) is 18.5 Å². The van der Waals surface area contributed by atoms with Crippen LogP contribution in [0.4, 0.5) is 0 Å². The first-order chi connectivity index (χ1) is 9.13. The number of hydrogen-bond acceptors (Lipinski definition) is 2. The molecule has 0 spiro atoms. The highest BCUT2D eigenvalue weighted by atomic mass is 16.5. The summed E-state index contributed by atoms with van der Waals surface area (Å²) < 4.78 is 11.1. The largest absolute Gasteiger partial charge is 0.497 e. The van der Waals surface area contributed by atoms with Crippen LogP contribution in [0.2, 0.25) is 0 Å². The van der Waals surface area contributed by atoms with E-state index in [9.17, 15) is 0 Å². The van der Waals surface area contributed by atoms with Gasteiger partial charge in [-0.05, 0) is 61.2 Å². The van der Waals surface area contributed by atoms with E-state index in [0.29, 0.717) is 0 Å². The molecule has 0 saturated carbocycles. The van der Waals surface area contributed by atoms with Crippen LogP contribution in [-0.2, 0) is 6.42 Å². The highest BCUT2D eigenvalue weighted by Gasteiger charge is 2.07. The van der Waals surface area contributed by atoms with Crippen molar-refractivity contribution in [2.24, 2.45) is 0 Å². The van der Waals surface area contributed by atoms with E-state index in [0.717, 1.165) is 23.7 Å². The van der Waals surface area contributed by atoms with Crippen LogP contribution >= 0.6 is 0 Å². The Balaban J connectivity index is 2.27. The average molecular weight is 256 g/mol. The van der Waals surface area contributed by atoms with Gasteiger partial charge in [-0.15, -0.1) is 0 Å². The molecule has 0 fully saturated rings. The normalized spacial score (nSPS) is 10.3. The lowest BCUT2D eigenvalue weighted by molar-refractivity contribution is 0.412. The molecule has 2 aromatic rings. The first-order valence-corrected chi connectivity index (χ1v) is 6.56. The maximum Gasteiger partial charge on any atom is 0.133 e. The number of ether oxygens (including phenoxy) is 2. The maximum atomic E-state index is 5.98. The zero-order chi connectivity index (χ0) is 13.8. The van der Waals surface area contributed by atoms with Crippen molar-refractivity contribution in [2.45, 2.75) is 27.2 Å². The summed E-state index contributed by atoms with van der Waals surface area (Å²) in [4.78, 5) is 0. The molecule has 2 rings (SSSR count). The maximum absolute atomic E-state index is 5.98. The van der Waals surface area contributed by atoms with Gasteiger partial charge in [0.2, 0.25) is 0 Å². The molecular formula is C17H20O2. The van der Waals surface area contributed by atoms with Crippen molar-refractivity contribution in [3.05, 3.63) is 53.1 Å². The minimum absolute atomic E-state index is 0.830. The van der Waals surface area contributed by atoms with Crippen LogP contribution < -0.4 is 9.47 Å². The van der Waals surface area contributed by atoms with Crippen molar-refractivity contribution < 1.29 is 9.47 Å². The molecule has 0 radical (unpaired) electrons. The van der Waals surface area contributed by atoms with Crippen LogP contribution in [-0.4, -0.2) is 7.11 Å². The number of benzene rings is 2. The summed E-state index contributed by atoms with van der Waals surface area (Å²) in [5, 5.41) is 0. The quantitative estimate of drug-likeness (QED) is 0.791. The van der Waals surface area contributed by atoms with Gasteiger partial charge in [0.15, 0.2) is 0 Å². The summed E-state index contributed by atoms with van der Waals surface area (Å²) in [6, 6.07) is 12.0. The van der Waals surface area contributed by atoms with Gasteiger partial charge in [-0.25, -0.2) is 0 Å². The Bertz CT molecular complexity index is 533. The first-order valence-electron chi connectivity index (χ1n) is 6.56. The highest BCUT2D eigenvalue weighted by Crippen LogP contribution is 2.30. The van der Waals surface area contributed by atoms with Crippen LogP contribution in [0.1, 0.15) is 23.6 Å². The molecule has 2 heteroatoms. The Morgan fingerprint density at radius 2 is 1.42 bits per heavy atom.